The van der Waals surface area contributed by atoms with Crippen molar-refractivity contribution in [3.05, 3.63) is 71.8 Å². The molecule has 2 aromatic rings. The van der Waals surface area contributed by atoms with Crippen LogP contribution in [-0.4, -0.2) is 42.9 Å². The van der Waals surface area contributed by atoms with Gasteiger partial charge in [-0.15, -0.1) is 0 Å². The lowest BCUT2D eigenvalue weighted by atomic mass is 9.80. The Morgan fingerprint density at radius 3 is 2.00 bits per heavy atom. The molecule has 1 N–H and O–H groups in total. The molecule has 156 valence electrons. The Bertz CT molecular complexity index is 927. The molecule has 1 aliphatic heterocycles. The summed E-state index contributed by atoms with van der Waals surface area (Å²) in [6.07, 6.45) is 1.63. The molecule has 4 unspecified atom stereocenters. The van der Waals surface area contributed by atoms with Crippen molar-refractivity contribution in [2.45, 2.75) is 30.8 Å². The molecule has 2 amide bonds. The summed E-state index contributed by atoms with van der Waals surface area (Å²) in [6.45, 7) is 0. The topological polar surface area (TPSA) is 75.7 Å². The Morgan fingerprint density at radius 2 is 1.50 bits per heavy atom. The average molecular weight is 406 g/mol. The lowest BCUT2D eigenvalue weighted by molar-refractivity contribution is -0.148. The summed E-state index contributed by atoms with van der Waals surface area (Å²) in [6, 6.07) is 17.6. The minimum atomic E-state index is -0.792. The number of amides is 2. The highest BCUT2D eigenvalue weighted by atomic mass is 16.5. The van der Waals surface area contributed by atoms with Gasteiger partial charge in [-0.05, 0) is 24.0 Å². The molecule has 4 rings (SSSR count). The number of carbonyl (C=O) groups excluding carboxylic acids is 3. The summed E-state index contributed by atoms with van der Waals surface area (Å²) in [7, 11) is 2.92. The van der Waals surface area contributed by atoms with Crippen molar-refractivity contribution < 1.29 is 19.1 Å². The maximum Gasteiger partial charge on any atom is 0.311 e. The molecule has 2 fully saturated rings. The third-order valence-electron chi connectivity index (χ3n) is 6.16. The zero-order valence-electron chi connectivity index (χ0n) is 17.2. The van der Waals surface area contributed by atoms with Gasteiger partial charge in [0.1, 0.15) is 6.04 Å². The fourth-order valence-electron chi connectivity index (χ4n) is 4.66. The van der Waals surface area contributed by atoms with Crippen LogP contribution in [0.4, 0.5) is 0 Å². The number of rotatable bonds is 5. The Balaban J connectivity index is 1.93. The smallest absolute Gasteiger partial charge is 0.311 e. The Morgan fingerprint density at radius 1 is 0.933 bits per heavy atom. The lowest BCUT2D eigenvalue weighted by Crippen LogP contribution is -2.48. The molecule has 30 heavy (non-hydrogen) atoms. The van der Waals surface area contributed by atoms with Gasteiger partial charge < -0.3 is 15.0 Å². The fraction of sp³-hybridized carbons (Fsp3) is 0.375. The van der Waals surface area contributed by atoms with Gasteiger partial charge in [0, 0.05) is 18.9 Å². The van der Waals surface area contributed by atoms with Crippen molar-refractivity contribution in [1.82, 2.24) is 10.2 Å². The van der Waals surface area contributed by atoms with Gasteiger partial charge in [0.2, 0.25) is 11.8 Å². The standard InChI is InChI=1S/C24H26N2O4/c1-25-22(27)21-18(15-9-5-3-6-10-15)19(24(29)30-2)20(16-11-7-4-8-12-16)26(21)23(28)17-13-14-17/h3-12,17-21H,13-14H2,1-2H3,(H,25,27). The van der Waals surface area contributed by atoms with Gasteiger partial charge in [0.25, 0.3) is 0 Å². The van der Waals surface area contributed by atoms with Crippen molar-refractivity contribution in [2.24, 2.45) is 11.8 Å². The maximum absolute atomic E-state index is 13.4. The largest absolute Gasteiger partial charge is 0.469 e. The Kier molecular flexibility index (Phi) is 5.57. The molecule has 0 radical (unpaired) electrons. The molecule has 4 atom stereocenters. The number of likely N-dealkylation sites (N-methyl/N-ethyl adjacent to an activating group) is 1. The lowest BCUT2D eigenvalue weighted by Gasteiger charge is -2.31. The van der Waals surface area contributed by atoms with E-state index in [1.165, 1.54) is 7.11 Å². The number of benzene rings is 2. The van der Waals surface area contributed by atoms with Gasteiger partial charge in [0.15, 0.2) is 0 Å². The minimum absolute atomic E-state index is 0.0650. The number of esters is 1. The van der Waals surface area contributed by atoms with E-state index in [0.717, 1.165) is 24.0 Å². The highest BCUT2D eigenvalue weighted by molar-refractivity contribution is 5.93. The number of ether oxygens (including phenoxy) is 1. The molecule has 2 aromatic carbocycles. The molecular weight excluding hydrogens is 380 g/mol. The summed E-state index contributed by atoms with van der Waals surface area (Å²) in [5.74, 6) is -2.04. The molecule has 6 nitrogen and oxygen atoms in total. The zero-order valence-corrected chi connectivity index (χ0v) is 17.2. The SMILES string of the molecule is CNC(=O)C1C(c2ccccc2)C(C(=O)OC)C(c2ccccc2)N1C(=O)C1CC1. The first kappa shape index (κ1) is 20.1. The first-order chi connectivity index (χ1) is 14.6. The molecule has 1 heterocycles. The van der Waals surface area contributed by atoms with Crippen LogP contribution in [0.1, 0.15) is 35.9 Å². The van der Waals surface area contributed by atoms with Crippen molar-refractivity contribution in [1.29, 1.82) is 0 Å². The molecule has 1 aliphatic carbocycles. The highest BCUT2D eigenvalue weighted by Crippen LogP contribution is 2.52. The summed E-state index contributed by atoms with van der Waals surface area (Å²) >= 11 is 0. The molecule has 0 aromatic heterocycles. The van der Waals surface area contributed by atoms with E-state index in [2.05, 4.69) is 5.32 Å². The van der Waals surface area contributed by atoms with E-state index in [1.807, 2.05) is 60.7 Å². The third-order valence-corrected chi connectivity index (χ3v) is 6.16. The van der Waals surface area contributed by atoms with E-state index in [4.69, 9.17) is 4.74 Å². The number of nitrogens with zero attached hydrogens (tertiary/aromatic N) is 1. The molecule has 1 saturated carbocycles. The van der Waals surface area contributed by atoms with E-state index >= 15 is 0 Å². The second-order valence-corrected chi connectivity index (χ2v) is 7.92. The summed E-state index contributed by atoms with van der Waals surface area (Å²) in [4.78, 5) is 41.3. The third kappa shape index (κ3) is 3.47. The van der Waals surface area contributed by atoms with E-state index < -0.39 is 29.9 Å². The second kappa shape index (κ2) is 8.30. The van der Waals surface area contributed by atoms with Gasteiger partial charge in [-0.1, -0.05) is 60.7 Å². The molecular formula is C24H26N2O4. The minimum Gasteiger partial charge on any atom is -0.469 e. The van der Waals surface area contributed by atoms with Crippen LogP contribution >= 0.6 is 0 Å². The van der Waals surface area contributed by atoms with Gasteiger partial charge in [-0.2, -0.15) is 0 Å². The van der Waals surface area contributed by atoms with E-state index in [9.17, 15) is 14.4 Å². The molecule has 2 aliphatic rings. The van der Waals surface area contributed by atoms with Crippen LogP contribution < -0.4 is 5.32 Å². The van der Waals surface area contributed by atoms with Crippen LogP contribution in [-0.2, 0) is 19.1 Å². The number of likely N-dealkylation sites (tertiary alicyclic amines) is 1. The van der Waals surface area contributed by atoms with Crippen molar-refractivity contribution in [2.75, 3.05) is 14.2 Å². The predicted octanol–water partition coefficient (Wildman–Crippen LogP) is 2.67. The summed E-state index contributed by atoms with van der Waals surface area (Å²) < 4.78 is 5.19. The number of carbonyl (C=O) groups is 3. The fourth-order valence-corrected chi connectivity index (χ4v) is 4.66. The van der Waals surface area contributed by atoms with Crippen molar-refractivity contribution in [3.8, 4) is 0 Å². The quantitative estimate of drug-likeness (QED) is 0.775. The monoisotopic (exact) mass is 406 g/mol. The van der Waals surface area contributed by atoms with Crippen molar-refractivity contribution in [3.63, 3.8) is 0 Å². The normalized spacial score (nSPS) is 25.6. The van der Waals surface area contributed by atoms with E-state index in [1.54, 1.807) is 11.9 Å². The predicted molar refractivity (Wildman–Crippen MR) is 111 cm³/mol. The van der Waals surface area contributed by atoms with Gasteiger partial charge in [-0.25, -0.2) is 0 Å². The first-order valence-corrected chi connectivity index (χ1v) is 10.3. The van der Waals surface area contributed by atoms with Crippen LogP contribution in [0.3, 0.4) is 0 Å². The van der Waals surface area contributed by atoms with Crippen LogP contribution in [0.15, 0.2) is 60.7 Å². The second-order valence-electron chi connectivity index (χ2n) is 7.92. The number of methoxy groups -OCH3 is 1. The highest BCUT2D eigenvalue weighted by Gasteiger charge is 2.59. The Labute approximate surface area is 176 Å². The maximum atomic E-state index is 13.4. The van der Waals surface area contributed by atoms with Gasteiger partial charge >= 0.3 is 5.97 Å². The number of hydrogen-bond donors (Lipinski definition) is 1. The zero-order chi connectivity index (χ0) is 21.3. The first-order valence-electron chi connectivity index (χ1n) is 10.3. The summed E-state index contributed by atoms with van der Waals surface area (Å²) in [5.41, 5.74) is 1.67. The molecule has 1 saturated heterocycles. The average Bonchev–Trinajstić information content (AvgIpc) is 3.59. The van der Waals surface area contributed by atoms with Crippen LogP contribution in [0, 0.1) is 11.8 Å². The molecule has 0 spiro atoms. The molecule has 0 bridgehead atoms. The number of hydrogen-bond acceptors (Lipinski definition) is 4. The van der Waals surface area contributed by atoms with E-state index in [0.29, 0.717) is 0 Å². The Hall–Kier alpha value is -3.15. The summed E-state index contributed by atoms with van der Waals surface area (Å²) in [5, 5.41) is 2.72. The van der Waals surface area contributed by atoms with Crippen molar-refractivity contribution >= 4 is 17.8 Å². The van der Waals surface area contributed by atoms with Crippen LogP contribution in [0.5, 0.6) is 0 Å². The van der Waals surface area contributed by atoms with Crippen LogP contribution in [0.2, 0.25) is 0 Å². The van der Waals surface area contributed by atoms with Gasteiger partial charge in [-0.3, -0.25) is 14.4 Å². The number of nitrogens with one attached hydrogen (secondary N) is 1. The van der Waals surface area contributed by atoms with Gasteiger partial charge in [0.05, 0.1) is 19.1 Å². The van der Waals surface area contributed by atoms with E-state index in [-0.39, 0.29) is 17.7 Å². The van der Waals surface area contributed by atoms with Crippen LogP contribution in [0.25, 0.3) is 0 Å². The molecule has 6 heteroatoms.